The first-order chi connectivity index (χ1) is 7.15. The van der Waals surface area contributed by atoms with Crippen LogP contribution in [0, 0.1) is 0 Å². The number of carboxylic acid groups (broad SMARTS) is 1. The van der Waals surface area contributed by atoms with Crippen molar-refractivity contribution in [3.05, 3.63) is 29.8 Å². The first-order valence-electron chi connectivity index (χ1n) is 4.89. The van der Waals surface area contributed by atoms with E-state index in [9.17, 15) is 9.90 Å². The Morgan fingerprint density at radius 1 is 1.53 bits per heavy atom. The lowest BCUT2D eigenvalue weighted by Gasteiger charge is -2.14. The van der Waals surface area contributed by atoms with E-state index in [2.05, 4.69) is 5.73 Å². The maximum absolute atomic E-state index is 10.5. The summed E-state index contributed by atoms with van der Waals surface area (Å²) in [4.78, 5) is 10.5. The molecule has 4 nitrogen and oxygen atoms in total. The molecule has 0 radical (unpaired) electrons. The van der Waals surface area contributed by atoms with Crippen molar-refractivity contribution >= 4 is 5.97 Å². The molecule has 0 aromatic heterocycles. The van der Waals surface area contributed by atoms with Crippen molar-refractivity contribution in [2.75, 3.05) is 6.61 Å². The Balaban J connectivity index is 2.86. The highest BCUT2D eigenvalue weighted by Gasteiger charge is 2.14. The van der Waals surface area contributed by atoms with E-state index < -0.39 is 5.97 Å². The summed E-state index contributed by atoms with van der Waals surface area (Å²) in [6.45, 7) is 2.43. The fourth-order valence-electron chi connectivity index (χ4n) is 1.42. The molecule has 1 rings (SSSR count). The molecule has 82 valence electrons. The van der Waals surface area contributed by atoms with Crippen molar-refractivity contribution in [2.45, 2.75) is 19.4 Å². The first-order valence-corrected chi connectivity index (χ1v) is 4.89. The Morgan fingerprint density at radius 2 is 2.20 bits per heavy atom. The number of carbonyl (C=O) groups is 1. The maximum Gasteiger partial charge on any atom is 0.128 e. The highest BCUT2D eigenvalue weighted by Crippen LogP contribution is 2.24. The Morgan fingerprint density at radius 3 is 2.80 bits per heavy atom. The van der Waals surface area contributed by atoms with E-state index in [1.807, 2.05) is 31.2 Å². The lowest BCUT2D eigenvalue weighted by molar-refractivity contribution is -0.430. The van der Waals surface area contributed by atoms with Gasteiger partial charge in [0, 0.05) is 12.4 Å². The van der Waals surface area contributed by atoms with Crippen LogP contribution in [-0.4, -0.2) is 12.6 Å². The molecule has 0 amide bonds. The van der Waals surface area contributed by atoms with Crippen LogP contribution in [0.3, 0.4) is 0 Å². The van der Waals surface area contributed by atoms with Gasteiger partial charge in [-0.3, -0.25) is 0 Å². The number of para-hydroxylation sites is 1. The number of hydrogen-bond acceptors (Lipinski definition) is 3. The van der Waals surface area contributed by atoms with Crippen molar-refractivity contribution in [3.8, 4) is 5.75 Å². The van der Waals surface area contributed by atoms with E-state index in [4.69, 9.17) is 4.74 Å². The third-order valence-electron chi connectivity index (χ3n) is 2.07. The van der Waals surface area contributed by atoms with Gasteiger partial charge >= 0.3 is 0 Å². The van der Waals surface area contributed by atoms with E-state index in [0.29, 0.717) is 12.4 Å². The lowest BCUT2D eigenvalue weighted by Crippen LogP contribution is -2.55. The van der Waals surface area contributed by atoms with Gasteiger partial charge in [0.2, 0.25) is 0 Å². The van der Waals surface area contributed by atoms with Crippen LogP contribution < -0.4 is 15.6 Å². The average Bonchev–Trinajstić information content (AvgIpc) is 2.18. The molecule has 0 saturated heterocycles. The minimum Gasteiger partial charge on any atom is -0.550 e. The van der Waals surface area contributed by atoms with Crippen LogP contribution in [-0.2, 0) is 4.79 Å². The van der Waals surface area contributed by atoms with Gasteiger partial charge in [-0.25, -0.2) is 0 Å². The second-order valence-corrected chi connectivity index (χ2v) is 3.24. The van der Waals surface area contributed by atoms with Crippen LogP contribution in [0.15, 0.2) is 24.3 Å². The molecule has 0 spiro atoms. The quantitative estimate of drug-likeness (QED) is 0.710. The molecule has 1 aromatic rings. The minimum atomic E-state index is -1.10. The number of carbonyl (C=O) groups excluding carboxylic acids is 1. The molecule has 0 aliphatic carbocycles. The number of aliphatic carboxylic acids is 1. The van der Waals surface area contributed by atoms with Gasteiger partial charge in [-0.05, 0) is 19.1 Å². The van der Waals surface area contributed by atoms with Gasteiger partial charge in [-0.1, -0.05) is 12.1 Å². The number of hydrogen-bond donors (Lipinski definition) is 1. The van der Waals surface area contributed by atoms with Crippen molar-refractivity contribution in [3.63, 3.8) is 0 Å². The highest BCUT2D eigenvalue weighted by atomic mass is 16.5. The van der Waals surface area contributed by atoms with Crippen LogP contribution in [0.4, 0.5) is 0 Å². The number of ether oxygens (including phenoxy) is 1. The summed E-state index contributed by atoms with van der Waals surface area (Å²) in [5, 5.41) is 10.5. The zero-order chi connectivity index (χ0) is 11.3. The molecule has 0 aliphatic heterocycles. The molecule has 0 unspecified atom stereocenters. The smallest absolute Gasteiger partial charge is 0.128 e. The van der Waals surface area contributed by atoms with Crippen LogP contribution >= 0.6 is 0 Å². The summed E-state index contributed by atoms with van der Waals surface area (Å²) in [5.41, 5.74) is 4.60. The van der Waals surface area contributed by atoms with Crippen LogP contribution in [0.5, 0.6) is 5.75 Å². The van der Waals surface area contributed by atoms with Crippen molar-refractivity contribution < 1.29 is 20.4 Å². The van der Waals surface area contributed by atoms with Crippen LogP contribution in [0.2, 0.25) is 0 Å². The van der Waals surface area contributed by atoms with Crippen molar-refractivity contribution in [2.24, 2.45) is 0 Å². The van der Waals surface area contributed by atoms with E-state index in [1.54, 1.807) is 0 Å². The summed E-state index contributed by atoms with van der Waals surface area (Å²) < 4.78 is 5.39. The molecule has 15 heavy (non-hydrogen) atoms. The lowest BCUT2D eigenvalue weighted by atomic mass is 10.0. The third kappa shape index (κ3) is 3.25. The zero-order valence-corrected chi connectivity index (χ0v) is 8.73. The molecular weight excluding hydrogens is 194 g/mol. The van der Waals surface area contributed by atoms with Crippen LogP contribution in [0.1, 0.15) is 24.9 Å². The second kappa shape index (κ2) is 5.36. The minimum absolute atomic E-state index is 0.0932. The second-order valence-electron chi connectivity index (χ2n) is 3.24. The molecule has 0 saturated carbocycles. The molecule has 0 bridgehead atoms. The molecule has 4 heteroatoms. The van der Waals surface area contributed by atoms with Gasteiger partial charge in [0.1, 0.15) is 11.8 Å². The summed E-state index contributed by atoms with van der Waals surface area (Å²) in [5.74, 6) is -0.400. The van der Waals surface area contributed by atoms with E-state index in [0.717, 1.165) is 5.56 Å². The molecule has 0 fully saturated rings. The molecule has 0 aliphatic rings. The van der Waals surface area contributed by atoms with E-state index in [1.165, 1.54) is 0 Å². The van der Waals surface area contributed by atoms with Gasteiger partial charge in [-0.15, -0.1) is 0 Å². The number of quaternary nitrogens is 1. The Kier molecular flexibility index (Phi) is 4.12. The highest BCUT2D eigenvalue weighted by molar-refractivity contribution is 5.65. The number of carboxylic acids is 1. The summed E-state index contributed by atoms with van der Waals surface area (Å²) in [6.07, 6.45) is -0.0932. The predicted molar refractivity (Wildman–Crippen MR) is 52.9 cm³/mol. The third-order valence-corrected chi connectivity index (χ3v) is 2.07. The molecule has 1 atom stereocenters. The Hall–Kier alpha value is -1.55. The standard InChI is InChI=1S/C11H15NO3/c1-2-15-10-6-4-3-5-8(10)9(12)7-11(13)14/h3-6,9H,2,7,12H2,1H3,(H,13,14)/t9-/m0/s1. The average molecular weight is 209 g/mol. The first kappa shape index (κ1) is 11.5. The monoisotopic (exact) mass is 209 g/mol. The van der Waals surface area contributed by atoms with Crippen molar-refractivity contribution in [1.82, 2.24) is 0 Å². The van der Waals surface area contributed by atoms with Crippen molar-refractivity contribution in [1.29, 1.82) is 0 Å². The Labute approximate surface area is 88.7 Å². The van der Waals surface area contributed by atoms with Gasteiger partial charge in [0.05, 0.1) is 12.2 Å². The number of rotatable bonds is 5. The normalized spacial score (nSPS) is 12.1. The SMILES string of the molecule is CCOc1ccccc1[C@@H]([NH3+])CC(=O)[O-]. The van der Waals surface area contributed by atoms with Gasteiger partial charge in [-0.2, -0.15) is 0 Å². The largest absolute Gasteiger partial charge is 0.550 e. The summed E-state index contributed by atoms with van der Waals surface area (Å²) in [7, 11) is 0. The Bertz CT molecular complexity index is 338. The fraction of sp³-hybridized carbons (Fsp3) is 0.364. The fourth-order valence-corrected chi connectivity index (χ4v) is 1.42. The molecule has 0 heterocycles. The topological polar surface area (TPSA) is 77.0 Å². The zero-order valence-electron chi connectivity index (χ0n) is 8.73. The van der Waals surface area contributed by atoms with Gasteiger partial charge in [0.15, 0.2) is 0 Å². The maximum atomic E-state index is 10.5. The van der Waals surface area contributed by atoms with Gasteiger partial charge in [0.25, 0.3) is 0 Å². The van der Waals surface area contributed by atoms with Crippen LogP contribution in [0.25, 0.3) is 0 Å². The summed E-state index contributed by atoms with van der Waals surface area (Å²) in [6, 6.07) is 6.99. The van der Waals surface area contributed by atoms with E-state index >= 15 is 0 Å². The molecule has 1 aromatic carbocycles. The molecular formula is C11H15NO3. The van der Waals surface area contributed by atoms with Gasteiger partial charge < -0.3 is 20.4 Å². The predicted octanol–water partition coefficient (Wildman–Crippen LogP) is -0.492. The number of benzene rings is 1. The van der Waals surface area contributed by atoms with E-state index in [-0.39, 0.29) is 12.5 Å². The summed E-state index contributed by atoms with van der Waals surface area (Å²) >= 11 is 0. The molecule has 3 N–H and O–H groups in total.